The number of hydrogen-bond acceptors (Lipinski definition) is 1. The van der Waals surface area contributed by atoms with Crippen molar-refractivity contribution in [2.75, 3.05) is 0 Å². The third-order valence-corrected chi connectivity index (χ3v) is 5.83. The summed E-state index contributed by atoms with van der Waals surface area (Å²) in [4.78, 5) is 0. The van der Waals surface area contributed by atoms with Crippen molar-refractivity contribution in [1.29, 1.82) is 0 Å². The number of fused-ring (bicyclic) bond motifs is 3. The summed E-state index contributed by atoms with van der Waals surface area (Å²) in [5.74, 6) is 0. The standard InChI is InChI=1S/C23H22S/c1-15-8-7-9-16(14-15)17-12-13-19-18-10-5-6-11-20(18)24-22(19)21(17)23(2,3)4/h5-14H,1-4H3. The predicted molar refractivity (Wildman–Crippen MR) is 108 cm³/mol. The summed E-state index contributed by atoms with van der Waals surface area (Å²) in [5, 5.41) is 2.76. The van der Waals surface area contributed by atoms with Crippen LogP contribution in [0.3, 0.4) is 0 Å². The van der Waals surface area contributed by atoms with Gasteiger partial charge in [-0.1, -0.05) is 80.9 Å². The Morgan fingerprint density at radius 1 is 0.792 bits per heavy atom. The van der Waals surface area contributed by atoms with Gasteiger partial charge >= 0.3 is 0 Å². The van der Waals surface area contributed by atoms with Crippen LogP contribution in [-0.4, -0.2) is 0 Å². The minimum atomic E-state index is 0.0967. The molecule has 1 heterocycles. The molecule has 120 valence electrons. The van der Waals surface area contributed by atoms with Gasteiger partial charge in [-0.25, -0.2) is 0 Å². The van der Waals surface area contributed by atoms with Crippen molar-refractivity contribution in [2.45, 2.75) is 33.1 Å². The molecule has 0 fully saturated rings. The molecule has 0 bridgehead atoms. The third kappa shape index (κ3) is 2.44. The van der Waals surface area contributed by atoms with E-state index in [1.54, 1.807) is 0 Å². The topological polar surface area (TPSA) is 0 Å². The minimum Gasteiger partial charge on any atom is -0.135 e. The highest BCUT2D eigenvalue weighted by Gasteiger charge is 2.23. The van der Waals surface area contributed by atoms with E-state index in [2.05, 4.69) is 88.4 Å². The summed E-state index contributed by atoms with van der Waals surface area (Å²) in [7, 11) is 0. The molecule has 0 saturated carbocycles. The lowest BCUT2D eigenvalue weighted by Crippen LogP contribution is -2.13. The summed E-state index contributed by atoms with van der Waals surface area (Å²) < 4.78 is 2.81. The molecule has 3 aromatic carbocycles. The molecule has 0 aliphatic carbocycles. The molecule has 0 N–H and O–H groups in total. The summed E-state index contributed by atoms with van der Waals surface area (Å²) in [6, 6.07) is 22.2. The van der Waals surface area contributed by atoms with Gasteiger partial charge in [0.2, 0.25) is 0 Å². The lowest BCUT2D eigenvalue weighted by Gasteiger charge is -2.24. The highest BCUT2D eigenvalue weighted by atomic mass is 32.1. The number of aryl methyl sites for hydroxylation is 1. The molecular weight excluding hydrogens is 308 g/mol. The Kier molecular flexibility index (Phi) is 3.51. The first-order valence-electron chi connectivity index (χ1n) is 8.47. The normalized spacial score (nSPS) is 12.2. The van der Waals surface area contributed by atoms with Crippen molar-refractivity contribution < 1.29 is 0 Å². The average molecular weight is 330 g/mol. The van der Waals surface area contributed by atoms with Gasteiger partial charge < -0.3 is 0 Å². The van der Waals surface area contributed by atoms with Crippen LogP contribution in [0.15, 0.2) is 60.7 Å². The van der Waals surface area contributed by atoms with E-state index in [0.29, 0.717) is 0 Å². The van der Waals surface area contributed by atoms with Crippen LogP contribution in [-0.2, 0) is 5.41 Å². The van der Waals surface area contributed by atoms with Crippen LogP contribution in [0, 0.1) is 6.92 Å². The summed E-state index contributed by atoms with van der Waals surface area (Å²) in [6.45, 7) is 9.14. The first kappa shape index (κ1) is 15.4. The molecule has 1 heteroatoms. The van der Waals surface area contributed by atoms with E-state index in [0.717, 1.165) is 0 Å². The highest BCUT2D eigenvalue weighted by Crippen LogP contribution is 2.44. The zero-order valence-corrected chi connectivity index (χ0v) is 15.5. The van der Waals surface area contributed by atoms with Crippen LogP contribution in [0.2, 0.25) is 0 Å². The Morgan fingerprint density at radius 3 is 2.33 bits per heavy atom. The molecule has 4 aromatic rings. The highest BCUT2D eigenvalue weighted by molar-refractivity contribution is 7.26. The molecule has 0 aliphatic heterocycles. The zero-order valence-electron chi connectivity index (χ0n) is 14.7. The van der Waals surface area contributed by atoms with E-state index in [1.165, 1.54) is 42.4 Å². The Balaban J connectivity index is 2.13. The maximum absolute atomic E-state index is 2.32. The quantitative estimate of drug-likeness (QED) is 0.343. The Morgan fingerprint density at radius 2 is 1.58 bits per heavy atom. The molecule has 0 amide bonds. The largest absolute Gasteiger partial charge is 0.135 e. The fourth-order valence-corrected chi connectivity index (χ4v) is 5.05. The number of hydrogen-bond donors (Lipinski definition) is 0. The van der Waals surface area contributed by atoms with E-state index < -0.39 is 0 Å². The van der Waals surface area contributed by atoms with E-state index >= 15 is 0 Å². The number of rotatable bonds is 1. The smallest absolute Gasteiger partial charge is 0.0398 e. The molecule has 0 atom stereocenters. The van der Waals surface area contributed by atoms with Crippen molar-refractivity contribution in [3.63, 3.8) is 0 Å². The first-order valence-corrected chi connectivity index (χ1v) is 9.28. The third-order valence-electron chi connectivity index (χ3n) is 4.63. The molecule has 0 saturated heterocycles. The molecule has 1 aromatic heterocycles. The minimum absolute atomic E-state index is 0.0967. The molecule has 0 nitrogen and oxygen atoms in total. The van der Waals surface area contributed by atoms with E-state index in [9.17, 15) is 0 Å². The summed E-state index contributed by atoms with van der Waals surface area (Å²) >= 11 is 1.93. The van der Waals surface area contributed by atoms with E-state index in [-0.39, 0.29) is 5.41 Å². The molecule has 0 spiro atoms. The van der Waals surface area contributed by atoms with Crippen molar-refractivity contribution >= 4 is 31.5 Å². The Labute approximate surface area is 147 Å². The lowest BCUT2D eigenvalue weighted by atomic mass is 9.81. The molecule has 0 unspecified atom stereocenters. The monoisotopic (exact) mass is 330 g/mol. The van der Waals surface area contributed by atoms with Crippen molar-refractivity contribution in [1.82, 2.24) is 0 Å². The molecular formula is C23H22S. The van der Waals surface area contributed by atoms with Gasteiger partial charge in [-0.15, -0.1) is 11.3 Å². The van der Waals surface area contributed by atoms with Crippen LogP contribution in [0.1, 0.15) is 31.9 Å². The molecule has 0 aliphatic rings. The molecule has 24 heavy (non-hydrogen) atoms. The maximum atomic E-state index is 2.32. The predicted octanol–water partition coefficient (Wildman–Crippen LogP) is 7.33. The van der Waals surface area contributed by atoms with Gasteiger partial charge in [0, 0.05) is 20.2 Å². The van der Waals surface area contributed by atoms with E-state index in [4.69, 9.17) is 0 Å². The van der Waals surface area contributed by atoms with E-state index in [1.807, 2.05) is 11.3 Å². The fraction of sp³-hybridized carbons (Fsp3) is 0.217. The Hall–Kier alpha value is -2.12. The van der Waals surface area contributed by atoms with Gasteiger partial charge in [0.15, 0.2) is 0 Å². The fourth-order valence-electron chi connectivity index (χ4n) is 3.59. The maximum Gasteiger partial charge on any atom is 0.0398 e. The summed E-state index contributed by atoms with van der Waals surface area (Å²) in [5.41, 5.74) is 5.56. The van der Waals surface area contributed by atoms with Gasteiger partial charge in [-0.2, -0.15) is 0 Å². The lowest BCUT2D eigenvalue weighted by molar-refractivity contribution is 0.598. The van der Waals surface area contributed by atoms with Gasteiger partial charge in [0.1, 0.15) is 0 Å². The van der Waals surface area contributed by atoms with Crippen LogP contribution in [0.25, 0.3) is 31.3 Å². The second-order valence-electron chi connectivity index (χ2n) is 7.58. The van der Waals surface area contributed by atoms with Crippen LogP contribution in [0.4, 0.5) is 0 Å². The van der Waals surface area contributed by atoms with Gasteiger partial charge in [0.05, 0.1) is 0 Å². The number of benzene rings is 3. The SMILES string of the molecule is Cc1cccc(-c2ccc3c(sc4ccccc43)c2C(C)(C)C)c1. The summed E-state index contributed by atoms with van der Waals surface area (Å²) in [6.07, 6.45) is 0. The van der Waals surface area contributed by atoms with Gasteiger partial charge in [-0.3, -0.25) is 0 Å². The van der Waals surface area contributed by atoms with Gasteiger partial charge in [0.25, 0.3) is 0 Å². The second kappa shape index (κ2) is 5.46. The van der Waals surface area contributed by atoms with Crippen LogP contribution < -0.4 is 0 Å². The van der Waals surface area contributed by atoms with Crippen LogP contribution in [0.5, 0.6) is 0 Å². The van der Waals surface area contributed by atoms with Crippen molar-refractivity contribution in [3.05, 3.63) is 71.8 Å². The zero-order chi connectivity index (χ0) is 16.9. The molecule has 0 radical (unpaired) electrons. The number of thiophene rings is 1. The van der Waals surface area contributed by atoms with Gasteiger partial charge in [-0.05, 0) is 35.1 Å². The van der Waals surface area contributed by atoms with Crippen LogP contribution >= 0.6 is 11.3 Å². The molecule has 4 rings (SSSR count). The second-order valence-corrected chi connectivity index (χ2v) is 8.63. The Bertz CT molecular complexity index is 1040. The first-order chi connectivity index (χ1) is 11.4. The van der Waals surface area contributed by atoms with Crippen molar-refractivity contribution in [2.24, 2.45) is 0 Å². The average Bonchev–Trinajstić information content (AvgIpc) is 2.91. The van der Waals surface area contributed by atoms with Crippen molar-refractivity contribution in [3.8, 4) is 11.1 Å².